The first-order chi connectivity index (χ1) is 10.1. The van der Waals surface area contributed by atoms with E-state index in [9.17, 15) is 4.39 Å². The minimum atomic E-state index is -0.261. The molecule has 0 aliphatic rings. The van der Waals surface area contributed by atoms with Gasteiger partial charge in [0.05, 0.1) is 0 Å². The summed E-state index contributed by atoms with van der Waals surface area (Å²) in [5, 5.41) is 3.96. The van der Waals surface area contributed by atoms with Crippen molar-refractivity contribution in [3.05, 3.63) is 65.2 Å². The summed E-state index contributed by atoms with van der Waals surface area (Å²) in [5.74, 6) is 0.735. The van der Waals surface area contributed by atoms with Crippen molar-refractivity contribution in [2.45, 2.75) is 13.3 Å². The second-order valence-corrected chi connectivity index (χ2v) is 4.89. The fourth-order valence-corrected chi connectivity index (χ4v) is 2.09. The highest BCUT2D eigenvalue weighted by Gasteiger charge is 2.12. The number of benzene rings is 2. The normalized spacial score (nSPS) is 10.8. The Morgan fingerprint density at radius 3 is 2.67 bits per heavy atom. The fraction of sp³-hybridized carbons (Fsp3) is 0.125. The highest BCUT2D eigenvalue weighted by molar-refractivity contribution is 5.63. The van der Waals surface area contributed by atoms with E-state index in [0.29, 0.717) is 23.8 Å². The van der Waals surface area contributed by atoms with Gasteiger partial charge in [0.15, 0.2) is 5.82 Å². The molecule has 0 radical (unpaired) electrons. The second-order valence-electron chi connectivity index (χ2n) is 4.89. The third-order valence-corrected chi connectivity index (χ3v) is 3.24. The maximum Gasteiger partial charge on any atom is 0.258 e. The molecule has 1 aromatic heterocycles. The Hall–Kier alpha value is -2.69. The molecule has 1 heterocycles. The first-order valence-corrected chi connectivity index (χ1v) is 6.55. The molecule has 3 rings (SSSR count). The minimum Gasteiger partial charge on any atom is -0.399 e. The van der Waals surface area contributed by atoms with Crippen molar-refractivity contribution in [2.24, 2.45) is 0 Å². The van der Waals surface area contributed by atoms with Crippen LogP contribution < -0.4 is 5.73 Å². The monoisotopic (exact) mass is 283 g/mol. The predicted molar refractivity (Wildman–Crippen MR) is 78.1 cm³/mol. The van der Waals surface area contributed by atoms with Gasteiger partial charge in [-0.2, -0.15) is 4.98 Å². The number of hydrogen-bond donors (Lipinski definition) is 1. The SMILES string of the molecule is Cc1ccc(N)cc1-c1nc(Cc2ccc(F)cc2)no1. The van der Waals surface area contributed by atoms with Crippen LogP contribution in [0.25, 0.3) is 11.5 Å². The third-order valence-electron chi connectivity index (χ3n) is 3.24. The van der Waals surface area contributed by atoms with Crippen molar-refractivity contribution < 1.29 is 8.91 Å². The molecule has 106 valence electrons. The molecule has 0 bridgehead atoms. The molecule has 0 amide bonds. The summed E-state index contributed by atoms with van der Waals surface area (Å²) in [5.41, 5.74) is 9.20. The average molecular weight is 283 g/mol. The second kappa shape index (κ2) is 5.36. The summed E-state index contributed by atoms with van der Waals surface area (Å²) in [6, 6.07) is 11.8. The van der Waals surface area contributed by atoms with E-state index in [-0.39, 0.29) is 5.82 Å². The van der Waals surface area contributed by atoms with Crippen LogP contribution in [0.1, 0.15) is 17.0 Å². The molecule has 5 heteroatoms. The smallest absolute Gasteiger partial charge is 0.258 e. The topological polar surface area (TPSA) is 64.9 Å². The Balaban J connectivity index is 1.86. The van der Waals surface area contributed by atoms with Gasteiger partial charge in [-0.1, -0.05) is 23.4 Å². The molecule has 2 N–H and O–H groups in total. The quantitative estimate of drug-likeness (QED) is 0.748. The number of nitrogens with zero attached hydrogens (tertiary/aromatic N) is 2. The van der Waals surface area contributed by atoms with E-state index >= 15 is 0 Å². The van der Waals surface area contributed by atoms with Crippen LogP contribution in [-0.2, 0) is 6.42 Å². The van der Waals surface area contributed by atoms with Gasteiger partial charge in [0.1, 0.15) is 5.82 Å². The third kappa shape index (κ3) is 2.91. The van der Waals surface area contributed by atoms with Gasteiger partial charge in [-0.05, 0) is 42.3 Å². The van der Waals surface area contributed by atoms with Crippen LogP contribution in [-0.4, -0.2) is 10.1 Å². The number of anilines is 1. The number of nitrogen functional groups attached to an aromatic ring is 1. The highest BCUT2D eigenvalue weighted by Crippen LogP contribution is 2.24. The molecular weight excluding hydrogens is 269 g/mol. The summed E-state index contributed by atoms with van der Waals surface area (Å²) < 4.78 is 18.2. The van der Waals surface area contributed by atoms with Gasteiger partial charge < -0.3 is 10.3 Å². The first-order valence-electron chi connectivity index (χ1n) is 6.55. The molecule has 3 aromatic rings. The zero-order valence-corrected chi connectivity index (χ0v) is 11.5. The molecule has 0 spiro atoms. The summed E-state index contributed by atoms with van der Waals surface area (Å²) in [4.78, 5) is 4.37. The molecular formula is C16H14FN3O. The molecule has 0 unspecified atom stereocenters. The Morgan fingerprint density at radius 1 is 1.14 bits per heavy atom. The van der Waals surface area contributed by atoms with E-state index in [1.807, 2.05) is 25.1 Å². The zero-order valence-electron chi connectivity index (χ0n) is 11.5. The van der Waals surface area contributed by atoms with Crippen molar-refractivity contribution in [2.75, 3.05) is 5.73 Å². The van der Waals surface area contributed by atoms with Crippen LogP contribution in [0.15, 0.2) is 47.0 Å². The standard InChI is InChI=1S/C16H14FN3O/c1-10-2-7-13(18)9-14(10)16-19-15(20-21-16)8-11-3-5-12(17)6-4-11/h2-7,9H,8,18H2,1H3. The van der Waals surface area contributed by atoms with Gasteiger partial charge in [-0.25, -0.2) is 4.39 Å². The first kappa shape index (κ1) is 13.3. The van der Waals surface area contributed by atoms with E-state index in [1.165, 1.54) is 12.1 Å². The summed E-state index contributed by atoms with van der Waals surface area (Å²) in [6.45, 7) is 1.96. The lowest BCUT2D eigenvalue weighted by molar-refractivity contribution is 0.423. The Labute approximate surface area is 121 Å². The molecule has 4 nitrogen and oxygen atoms in total. The van der Waals surface area contributed by atoms with Gasteiger partial charge in [0, 0.05) is 17.7 Å². The lowest BCUT2D eigenvalue weighted by atomic mass is 10.1. The number of hydrogen-bond acceptors (Lipinski definition) is 4. The lowest BCUT2D eigenvalue weighted by Gasteiger charge is -2.01. The average Bonchev–Trinajstić information content (AvgIpc) is 2.92. The van der Waals surface area contributed by atoms with Crippen molar-refractivity contribution in [3.63, 3.8) is 0 Å². The molecule has 0 saturated carbocycles. The number of aromatic nitrogens is 2. The maximum absolute atomic E-state index is 12.9. The Morgan fingerprint density at radius 2 is 1.90 bits per heavy atom. The minimum absolute atomic E-state index is 0.261. The molecule has 21 heavy (non-hydrogen) atoms. The van der Waals surface area contributed by atoms with Crippen LogP contribution in [0.2, 0.25) is 0 Å². The van der Waals surface area contributed by atoms with Gasteiger partial charge >= 0.3 is 0 Å². The molecule has 2 aromatic carbocycles. The van der Waals surface area contributed by atoms with Crippen molar-refractivity contribution in [3.8, 4) is 11.5 Å². The van der Waals surface area contributed by atoms with E-state index in [1.54, 1.807) is 12.1 Å². The molecule has 0 aliphatic heterocycles. The molecule has 0 fully saturated rings. The number of nitrogens with two attached hydrogens (primary N) is 1. The van der Waals surface area contributed by atoms with Crippen LogP contribution >= 0.6 is 0 Å². The van der Waals surface area contributed by atoms with Gasteiger partial charge in [0.25, 0.3) is 5.89 Å². The van der Waals surface area contributed by atoms with Crippen LogP contribution in [0, 0.1) is 12.7 Å². The van der Waals surface area contributed by atoms with E-state index in [2.05, 4.69) is 10.1 Å². The maximum atomic E-state index is 12.9. The summed E-state index contributed by atoms with van der Waals surface area (Å²) >= 11 is 0. The highest BCUT2D eigenvalue weighted by atomic mass is 19.1. The van der Waals surface area contributed by atoms with Crippen LogP contribution in [0.5, 0.6) is 0 Å². The predicted octanol–water partition coefficient (Wildman–Crippen LogP) is 3.36. The number of halogens is 1. The van der Waals surface area contributed by atoms with E-state index in [4.69, 9.17) is 10.3 Å². The number of rotatable bonds is 3. The van der Waals surface area contributed by atoms with Crippen molar-refractivity contribution in [1.82, 2.24) is 10.1 Å². The van der Waals surface area contributed by atoms with Crippen LogP contribution in [0.3, 0.4) is 0 Å². The molecule has 0 aliphatic carbocycles. The molecule has 0 atom stereocenters. The van der Waals surface area contributed by atoms with Gasteiger partial charge in [-0.3, -0.25) is 0 Å². The lowest BCUT2D eigenvalue weighted by Crippen LogP contribution is -1.92. The Kier molecular flexibility index (Phi) is 3.39. The van der Waals surface area contributed by atoms with E-state index < -0.39 is 0 Å². The Bertz CT molecular complexity index is 765. The number of aryl methyl sites for hydroxylation is 1. The van der Waals surface area contributed by atoms with Crippen molar-refractivity contribution in [1.29, 1.82) is 0 Å². The van der Waals surface area contributed by atoms with Crippen LogP contribution in [0.4, 0.5) is 10.1 Å². The van der Waals surface area contributed by atoms with Gasteiger partial charge in [0.2, 0.25) is 0 Å². The molecule has 0 saturated heterocycles. The summed E-state index contributed by atoms with van der Waals surface area (Å²) in [7, 11) is 0. The van der Waals surface area contributed by atoms with E-state index in [0.717, 1.165) is 16.7 Å². The summed E-state index contributed by atoms with van der Waals surface area (Å²) in [6.07, 6.45) is 0.491. The largest absolute Gasteiger partial charge is 0.399 e. The van der Waals surface area contributed by atoms with Gasteiger partial charge in [-0.15, -0.1) is 0 Å². The van der Waals surface area contributed by atoms with Crippen molar-refractivity contribution >= 4 is 5.69 Å². The fourth-order valence-electron chi connectivity index (χ4n) is 2.09. The zero-order chi connectivity index (χ0) is 14.8.